The molecule has 2 unspecified atom stereocenters. The number of rotatable bonds is 10. The van der Waals surface area contributed by atoms with Gasteiger partial charge < -0.3 is 9.64 Å². The van der Waals surface area contributed by atoms with E-state index in [0.717, 1.165) is 38.1 Å². The van der Waals surface area contributed by atoms with Gasteiger partial charge in [-0.1, -0.05) is 126 Å². The topological polar surface area (TPSA) is 12.5 Å². The van der Waals surface area contributed by atoms with Crippen LogP contribution in [0.3, 0.4) is 0 Å². The van der Waals surface area contributed by atoms with Gasteiger partial charge in [-0.3, -0.25) is 0 Å². The highest BCUT2D eigenvalue weighted by Gasteiger charge is 2.39. The smallest absolute Gasteiger partial charge is 0.118 e. The highest BCUT2D eigenvalue weighted by atomic mass is 16.5. The molecule has 3 aliphatic rings. The maximum atomic E-state index is 5.56. The van der Waals surface area contributed by atoms with Crippen LogP contribution in [0.5, 0.6) is 5.75 Å². The molecule has 0 spiro atoms. The first-order valence-corrected chi connectivity index (χ1v) is 19.9. The van der Waals surface area contributed by atoms with Crippen LogP contribution in [0, 0.1) is 12.8 Å². The summed E-state index contributed by atoms with van der Waals surface area (Å²) in [6, 6.07) is 13.7. The van der Waals surface area contributed by atoms with Crippen molar-refractivity contribution in [1.82, 2.24) is 0 Å². The zero-order valence-electron chi connectivity index (χ0n) is 33.2. The van der Waals surface area contributed by atoms with E-state index in [4.69, 9.17) is 4.74 Å². The molecule has 52 heavy (non-hydrogen) atoms. The number of benzene rings is 3. The highest BCUT2D eigenvalue weighted by molar-refractivity contribution is 6.04. The highest BCUT2D eigenvalue weighted by Crippen LogP contribution is 2.51. The van der Waals surface area contributed by atoms with Crippen LogP contribution in [-0.2, 0) is 17.3 Å². The van der Waals surface area contributed by atoms with Gasteiger partial charge in [0.25, 0.3) is 0 Å². The number of aryl methyl sites for hydroxylation is 2. The van der Waals surface area contributed by atoms with Crippen LogP contribution in [0.15, 0.2) is 109 Å². The fourth-order valence-electron chi connectivity index (χ4n) is 8.74. The zero-order chi connectivity index (χ0) is 36.9. The lowest BCUT2D eigenvalue weighted by Crippen LogP contribution is -2.32. The lowest BCUT2D eigenvalue weighted by Gasteiger charge is -2.41. The minimum Gasteiger partial charge on any atom is -0.497 e. The van der Waals surface area contributed by atoms with Gasteiger partial charge in [-0.25, -0.2) is 0 Å². The first kappa shape index (κ1) is 37.5. The molecule has 0 amide bonds. The Morgan fingerprint density at radius 2 is 1.73 bits per heavy atom. The van der Waals surface area contributed by atoms with E-state index < -0.39 is 0 Å². The summed E-state index contributed by atoms with van der Waals surface area (Å²) in [6.07, 6.45) is 36.5. The van der Waals surface area contributed by atoms with Gasteiger partial charge >= 0.3 is 0 Å². The monoisotopic (exact) mass is 691 g/mol. The van der Waals surface area contributed by atoms with Crippen LogP contribution in [0.4, 0.5) is 5.69 Å². The second kappa shape index (κ2) is 16.2. The third-order valence-electron chi connectivity index (χ3n) is 12.0. The molecule has 3 aromatic rings. The average molecular weight is 692 g/mol. The average Bonchev–Trinajstić information content (AvgIpc) is 3.43. The normalized spacial score (nSPS) is 21.5. The fraction of sp³-hybridized carbons (Fsp3) is 0.400. The molecule has 272 valence electrons. The second-order valence-corrected chi connectivity index (χ2v) is 15.8. The molecule has 1 saturated heterocycles. The molecule has 2 aliphatic carbocycles. The quantitative estimate of drug-likeness (QED) is 0.155. The van der Waals surface area contributed by atoms with E-state index >= 15 is 0 Å². The van der Waals surface area contributed by atoms with Gasteiger partial charge in [-0.15, -0.1) is 0 Å². The van der Waals surface area contributed by atoms with Gasteiger partial charge in [0.15, 0.2) is 0 Å². The molecule has 6 rings (SSSR count). The van der Waals surface area contributed by atoms with Crippen molar-refractivity contribution in [3.63, 3.8) is 0 Å². The van der Waals surface area contributed by atoms with Gasteiger partial charge in [0.2, 0.25) is 0 Å². The van der Waals surface area contributed by atoms with Crippen LogP contribution in [0.25, 0.3) is 22.4 Å². The summed E-state index contributed by atoms with van der Waals surface area (Å²) in [5, 5.41) is 2.80. The molecule has 2 nitrogen and oxygen atoms in total. The SMILES string of the molecule is C\C=C/C(=C\C=C\C(C)(/C=C\c1c2c(c3cc(N4CCCCCC4)c(CC)cc3c1C)C1=CC(/C=C\C/C=C\1)C2(C)C)c1ccc(OC)cc1)CC. The van der Waals surface area contributed by atoms with Crippen molar-refractivity contribution in [2.75, 3.05) is 25.1 Å². The first-order chi connectivity index (χ1) is 25.1. The second-order valence-electron chi connectivity index (χ2n) is 15.8. The molecule has 0 radical (unpaired) electrons. The molecule has 1 heterocycles. The Labute approximate surface area is 315 Å². The predicted molar refractivity (Wildman–Crippen MR) is 228 cm³/mol. The number of methoxy groups -OCH3 is 1. The van der Waals surface area contributed by atoms with Crippen LogP contribution in [-0.4, -0.2) is 20.2 Å². The van der Waals surface area contributed by atoms with Crippen LogP contribution >= 0.6 is 0 Å². The predicted octanol–water partition coefficient (Wildman–Crippen LogP) is 13.3. The van der Waals surface area contributed by atoms with Gasteiger partial charge in [0.05, 0.1) is 7.11 Å². The Hall–Kier alpha value is -4.30. The zero-order valence-corrected chi connectivity index (χ0v) is 33.2. The molecule has 0 saturated carbocycles. The Balaban J connectivity index is 1.62. The number of nitrogens with zero attached hydrogens (tertiary/aromatic N) is 1. The van der Waals surface area contributed by atoms with E-state index in [0.29, 0.717) is 5.92 Å². The van der Waals surface area contributed by atoms with Crippen LogP contribution in [0.1, 0.15) is 113 Å². The van der Waals surface area contributed by atoms with Gasteiger partial charge in [-0.2, -0.15) is 0 Å². The molecule has 3 aromatic carbocycles. The number of anilines is 1. The molecular weight excluding hydrogens is 631 g/mol. The number of hydrogen-bond acceptors (Lipinski definition) is 2. The summed E-state index contributed by atoms with van der Waals surface area (Å²) in [6.45, 7) is 18.6. The third kappa shape index (κ3) is 7.45. The summed E-state index contributed by atoms with van der Waals surface area (Å²) in [4.78, 5) is 2.70. The Bertz CT molecular complexity index is 1970. The summed E-state index contributed by atoms with van der Waals surface area (Å²) < 4.78 is 5.56. The molecule has 0 aromatic heterocycles. The summed E-state index contributed by atoms with van der Waals surface area (Å²) in [5.41, 5.74) is 12.0. The van der Waals surface area contributed by atoms with Gasteiger partial charge in [0.1, 0.15) is 5.75 Å². The van der Waals surface area contributed by atoms with Crippen LogP contribution < -0.4 is 9.64 Å². The van der Waals surface area contributed by atoms with Gasteiger partial charge in [0, 0.05) is 35.5 Å². The lowest BCUT2D eigenvalue weighted by molar-refractivity contribution is 0.414. The van der Waals surface area contributed by atoms with Crippen molar-refractivity contribution < 1.29 is 4.74 Å². The van der Waals surface area contributed by atoms with Crippen molar-refractivity contribution in [3.05, 3.63) is 142 Å². The Morgan fingerprint density at radius 1 is 0.981 bits per heavy atom. The van der Waals surface area contributed by atoms with E-state index in [1.54, 1.807) is 7.11 Å². The molecule has 1 fully saturated rings. The van der Waals surface area contributed by atoms with E-state index in [1.807, 2.05) is 0 Å². The van der Waals surface area contributed by atoms with Gasteiger partial charge in [-0.05, 0) is 132 Å². The molecule has 2 heteroatoms. The maximum absolute atomic E-state index is 5.56. The van der Waals surface area contributed by atoms with E-state index in [2.05, 4.69) is 163 Å². The summed E-state index contributed by atoms with van der Waals surface area (Å²) in [7, 11) is 1.74. The molecular formula is C50H61NO. The van der Waals surface area contributed by atoms with Crippen molar-refractivity contribution in [2.45, 2.75) is 104 Å². The number of fused-ring (bicyclic) bond motifs is 5. The van der Waals surface area contributed by atoms with E-state index in [9.17, 15) is 0 Å². The van der Waals surface area contributed by atoms with Crippen molar-refractivity contribution in [1.29, 1.82) is 0 Å². The molecule has 1 aliphatic heterocycles. The molecule has 2 atom stereocenters. The maximum Gasteiger partial charge on any atom is 0.118 e. The largest absolute Gasteiger partial charge is 0.497 e. The van der Waals surface area contributed by atoms with Crippen molar-refractivity contribution in [2.24, 2.45) is 5.92 Å². The van der Waals surface area contributed by atoms with E-state index in [1.165, 1.54) is 86.7 Å². The Kier molecular flexibility index (Phi) is 11.6. The minimum absolute atomic E-state index is 0.0943. The third-order valence-corrected chi connectivity index (χ3v) is 12.0. The number of allylic oxidation sites excluding steroid dienone is 13. The van der Waals surface area contributed by atoms with Crippen molar-refractivity contribution in [3.8, 4) is 5.75 Å². The summed E-state index contributed by atoms with van der Waals surface area (Å²) >= 11 is 0. The van der Waals surface area contributed by atoms with Crippen LogP contribution in [0.2, 0.25) is 0 Å². The lowest BCUT2D eigenvalue weighted by atomic mass is 9.63. The fourth-order valence-corrected chi connectivity index (χ4v) is 8.74. The number of hydrogen-bond donors (Lipinski definition) is 0. The molecule has 2 bridgehead atoms. The summed E-state index contributed by atoms with van der Waals surface area (Å²) in [5.74, 6) is 1.20. The minimum atomic E-state index is -0.348. The first-order valence-electron chi connectivity index (χ1n) is 19.9. The Morgan fingerprint density at radius 3 is 2.40 bits per heavy atom. The van der Waals surface area contributed by atoms with Crippen molar-refractivity contribution >= 4 is 28.1 Å². The van der Waals surface area contributed by atoms with E-state index in [-0.39, 0.29) is 10.8 Å². The number of ether oxygens (including phenoxy) is 1. The standard InChI is InChI=1S/C50H61NO/c1-9-20-37(10-2)21-19-29-50(7,40-24-26-42(52-8)27-25-40)30-28-43-36(4)44-34-38(11-3)46(51-31-17-12-13-18-32-51)35-45(44)47-39-22-15-14-16-23-41(33-39)49(5,6)48(43)47/h9,15-16,19-30,33-35,41H,10-14,17-18,31-32H2,1-8H3/b20-9-,22-15-,23-16-,29-19+,30-28-,37-21-. The molecule has 0 N–H and O–H groups in total.